The van der Waals surface area contributed by atoms with E-state index in [-0.39, 0.29) is 5.54 Å². The van der Waals surface area contributed by atoms with Gasteiger partial charge in [0.25, 0.3) is 0 Å². The molecule has 0 aliphatic heterocycles. The molecule has 0 aliphatic rings. The van der Waals surface area contributed by atoms with E-state index in [9.17, 15) is 0 Å². The molecule has 0 amide bonds. The van der Waals surface area contributed by atoms with Crippen LogP contribution in [0.15, 0.2) is 42.5 Å². The highest BCUT2D eigenvalue weighted by Gasteiger charge is 2.10. The summed E-state index contributed by atoms with van der Waals surface area (Å²) >= 11 is 0. The Morgan fingerprint density at radius 2 is 1.69 bits per heavy atom. The third-order valence-corrected chi connectivity index (χ3v) is 2.87. The van der Waals surface area contributed by atoms with Crippen molar-refractivity contribution in [3.05, 3.63) is 48.0 Å². The first-order valence-electron chi connectivity index (χ1n) is 5.81. The van der Waals surface area contributed by atoms with Gasteiger partial charge in [-0.2, -0.15) is 0 Å². The molecule has 1 nitrogen and oxygen atoms in total. The Morgan fingerprint density at radius 3 is 2.38 bits per heavy atom. The Morgan fingerprint density at radius 1 is 1.00 bits per heavy atom. The van der Waals surface area contributed by atoms with E-state index >= 15 is 0 Å². The van der Waals surface area contributed by atoms with Crippen molar-refractivity contribution in [2.75, 3.05) is 0 Å². The Kier molecular flexibility index (Phi) is 2.97. The molecule has 0 radical (unpaired) electrons. The number of aryl methyl sites for hydroxylation is 1. The van der Waals surface area contributed by atoms with Crippen LogP contribution in [0, 0.1) is 0 Å². The molecule has 2 rings (SSSR count). The van der Waals surface area contributed by atoms with Crippen LogP contribution in [-0.4, -0.2) is 5.54 Å². The zero-order valence-electron chi connectivity index (χ0n) is 10.0. The van der Waals surface area contributed by atoms with Gasteiger partial charge in [0.2, 0.25) is 0 Å². The third-order valence-electron chi connectivity index (χ3n) is 2.87. The average Bonchev–Trinajstić information content (AvgIpc) is 2.25. The number of benzene rings is 2. The van der Waals surface area contributed by atoms with Crippen LogP contribution >= 0.6 is 0 Å². The zero-order valence-corrected chi connectivity index (χ0v) is 10.0. The first-order valence-corrected chi connectivity index (χ1v) is 5.81. The normalized spacial score (nSPS) is 11.9. The average molecular weight is 213 g/mol. The van der Waals surface area contributed by atoms with Crippen LogP contribution in [0.25, 0.3) is 10.8 Å². The summed E-state index contributed by atoms with van der Waals surface area (Å²) in [7, 11) is 0. The van der Waals surface area contributed by atoms with E-state index in [0.717, 1.165) is 12.8 Å². The molecule has 0 saturated heterocycles. The number of hydrogen-bond donors (Lipinski definition) is 1. The van der Waals surface area contributed by atoms with Gasteiger partial charge < -0.3 is 5.73 Å². The fourth-order valence-corrected chi connectivity index (χ4v) is 1.86. The summed E-state index contributed by atoms with van der Waals surface area (Å²) < 4.78 is 0. The van der Waals surface area contributed by atoms with E-state index in [1.54, 1.807) is 0 Å². The monoisotopic (exact) mass is 213 g/mol. The molecule has 2 N–H and O–H groups in total. The minimum atomic E-state index is -0.0777. The first kappa shape index (κ1) is 11.2. The maximum absolute atomic E-state index is 6.00. The Hall–Kier alpha value is -1.34. The fraction of sp³-hybridized carbons (Fsp3) is 0.333. The lowest BCUT2D eigenvalue weighted by Crippen LogP contribution is -2.32. The van der Waals surface area contributed by atoms with E-state index in [0.29, 0.717) is 0 Å². The summed E-state index contributed by atoms with van der Waals surface area (Å²) in [5.41, 5.74) is 7.29. The van der Waals surface area contributed by atoms with E-state index in [2.05, 4.69) is 56.3 Å². The van der Waals surface area contributed by atoms with Gasteiger partial charge in [0, 0.05) is 5.54 Å². The SMILES string of the molecule is CC(C)(N)CCc1ccc2ccccc2c1. The van der Waals surface area contributed by atoms with Crippen LogP contribution in [0.3, 0.4) is 0 Å². The summed E-state index contributed by atoms with van der Waals surface area (Å²) in [6.45, 7) is 4.15. The van der Waals surface area contributed by atoms with Crippen molar-refractivity contribution in [1.29, 1.82) is 0 Å². The van der Waals surface area contributed by atoms with Crippen molar-refractivity contribution in [3.63, 3.8) is 0 Å². The highest BCUT2D eigenvalue weighted by molar-refractivity contribution is 5.82. The zero-order chi connectivity index (χ0) is 11.6. The van der Waals surface area contributed by atoms with Gasteiger partial charge in [0.05, 0.1) is 0 Å². The molecule has 84 valence electrons. The molecule has 0 aliphatic carbocycles. The quantitative estimate of drug-likeness (QED) is 0.829. The predicted molar refractivity (Wildman–Crippen MR) is 70.5 cm³/mol. The highest BCUT2D eigenvalue weighted by atomic mass is 14.7. The van der Waals surface area contributed by atoms with E-state index in [1.807, 2.05) is 0 Å². The molecule has 16 heavy (non-hydrogen) atoms. The Labute approximate surface area is 97.3 Å². The Bertz CT molecular complexity index is 480. The third kappa shape index (κ3) is 2.83. The van der Waals surface area contributed by atoms with Crippen molar-refractivity contribution in [1.82, 2.24) is 0 Å². The molecule has 2 aromatic carbocycles. The lowest BCUT2D eigenvalue weighted by atomic mass is 9.95. The highest BCUT2D eigenvalue weighted by Crippen LogP contribution is 2.18. The minimum Gasteiger partial charge on any atom is -0.326 e. The predicted octanol–water partition coefficient (Wildman–Crippen LogP) is 3.51. The van der Waals surface area contributed by atoms with E-state index < -0.39 is 0 Å². The topological polar surface area (TPSA) is 26.0 Å². The summed E-state index contributed by atoms with van der Waals surface area (Å²) in [5, 5.41) is 2.62. The Balaban J connectivity index is 2.20. The van der Waals surface area contributed by atoms with Crippen molar-refractivity contribution < 1.29 is 0 Å². The number of hydrogen-bond acceptors (Lipinski definition) is 1. The molecule has 0 heterocycles. The maximum atomic E-state index is 6.00. The fourth-order valence-electron chi connectivity index (χ4n) is 1.86. The van der Waals surface area contributed by atoms with Crippen LogP contribution in [0.4, 0.5) is 0 Å². The van der Waals surface area contributed by atoms with E-state index in [1.165, 1.54) is 16.3 Å². The molecule has 0 fully saturated rings. The summed E-state index contributed by atoms with van der Waals surface area (Å²) in [6.07, 6.45) is 2.07. The molecule has 0 unspecified atom stereocenters. The second-order valence-electron chi connectivity index (χ2n) is 5.17. The first-order chi connectivity index (χ1) is 7.54. The molecule has 0 aromatic heterocycles. The lowest BCUT2D eigenvalue weighted by Gasteiger charge is -2.18. The standard InChI is InChI=1S/C15H19N/c1-15(2,16)10-9-12-7-8-13-5-3-4-6-14(13)11-12/h3-8,11H,9-10,16H2,1-2H3. The van der Waals surface area contributed by atoms with Crippen LogP contribution in [0.5, 0.6) is 0 Å². The lowest BCUT2D eigenvalue weighted by molar-refractivity contribution is 0.477. The van der Waals surface area contributed by atoms with Crippen molar-refractivity contribution >= 4 is 10.8 Å². The van der Waals surface area contributed by atoms with Gasteiger partial charge in [0.15, 0.2) is 0 Å². The smallest absolute Gasteiger partial charge is 0.0100 e. The van der Waals surface area contributed by atoms with Crippen LogP contribution < -0.4 is 5.73 Å². The number of rotatable bonds is 3. The summed E-state index contributed by atoms with van der Waals surface area (Å²) in [6, 6.07) is 15.1. The molecular weight excluding hydrogens is 194 g/mol. The van der Waals surface area contributed by atoms with Crippen LogP contribution in [0.2, 0.25) is 0 Å². The maximum Gasteiger partial charge on any atom is 0.0100 e. The van der Waals surface area contributed by atoms with Crippen LogP contribution in [-0.2, 0) is 6.42 Å². The molecule has 0 atom stereocenters. The van der Waals surface area contributed by atoms with Gasteiger partial charge >= 0.3 is 0 Å². The largest absolute Gasteiger partial charge is 0.326 e. The van der Waals surface area contributed by atoms with Crippen molar-refractivity contribution in [3.8, 4) is 0 Å². The second kappa shape index (κ2) is 4.26. The van der Waals surface area contributed by atoms with Crippen molar-refractivity contribution in [2.45, 2.75) is 32.2 Å². The van der Waals surface area contributed by atoms with E-state index in [4.69, 9.17) is 5.73 Å². The van der Waals surface area contributed by atoms with Gasteiger partial charge in [-0.25, -0.2) is 0 Å². The molecule has 2 aromatic rings. The van der Waals surface area contributed by atoms with Gasteiger partial charge in [-0.15, -0.1) is 0 Å². The molecule has 0 saturated carbocycles. The van der Waals surface area contributed by atoms with Gasteiger partial charge in [0.1, 0.15) is 0 Å². The van der Waals surface area contributed by atoms with Gasteiger partial charge in [-0.3, -0.25) is 0 Å². The van der Waals surface area contributed by atoms with Crippen LogP contribution in [0.1, 0.15) is 25.8 Å². The molecule has 0 bridgehead atoms. The number of nitrogens with two attached hydrogens (primary N) is 1. The van der Waals surface area contributed by atoms with Crippen molar-refractivity contribution in [2.24, 2.45) is 5.73 Å². The molecular formula is C15H19N. The number of fused-ring (bicyclic) bond motifs is 1. The van der Waals surface area contributed by atoms with Gasteiger partial charge in [-0.1, -0.05) is 42.5 Å². The second-order valence-corrected chi connectivity index (χ2v) is 5.17. The minimum absolute atomic E-state index is 0.0777. The molecule has 0 spiro atoms. The summed E-state index contributed by atoms with van der Waals surface area (Å²) in [5.74, 6) is 0. The molecule has 1 heteroatoms. The van der Waals surface area contributed by atoms with Gasteiger partial charge in [-0.05, 0) is 43.0 Å². The summed E-state index contributed by atoms with van der Waals surface area (Å²) in [4.78, 5) is 0.